The van der Waals surface area contributed by atoms with Crippen molar-refractivity contribution in [2.75, 3.05) is 0 Å². The van der Waals surface area contributed by atoms with Gasteiger partial charge >= 0.3 is 5.97 Å². The molecule has 0 radical (unpaired) electrons. The minimum Gasteiger partial charge on any atom is -0.463 e. The van der Waals surface area contributed by atoms with Crippen LogP contribution in [0.5, 0.6) is 0 Å². The summed E-state index contributed by atoms with van der Waals surface area (Å²) < 4.78 is 5.24. The van der Waals surface area contributed by atoms with Crippen LogP contribution in [0.2, 0.25) is 0 Å². The van der Waals surface area contributed by atoms with E-state index in [1.54, 1.807) is 6.92 Å². The summed E-state index contributed by atoms with van der Waals surface area (Å²) in [5.74, 6) is 3.43. The molecule has 0 aromatic rings. The smallest absolute Gasteiger partial charge is 0.302 e. The predicted molar refractivity (Wildman–Crippen MR) is 114 cm³/mol. The molecule has 4 aliphatic carbocycles. The van der Waals surface area contributed by atoms with Crippen LogP contribution in [0.4, 0.5) is 0 Å². The first kappa shape index (κ1) is 20.9. The van der Waals surface area contributed by atoms with Gasteiger partial charge in [0.25, 0.3) is 0 Å². The van der Waals surface area contributed by atoms with E-state index in [0.717, 1.165) is 31.1 Å². The third-order valence-electron chi connectivity index (χ3n) is 9.97. The molecule has 0 aromatic carbocycles. The third-order valence-corrected chi connectivity index (χ3v) is 12.2. The van der Waals surface area contributed by atoms with Gasteiger partial charge in [0.2, 0.25) is 0 Å². The Bertz CT molecular complexity index is 677. The molecule has 9 atom stereocenters. The Kier molecular flexibility index (Phi) is 5.08. The van der Waals surface area contributed by atoms with Crippen molar-refractivity contribution in [1.29, 1.82) is 0 Å². The molecule has 158 valence electrons. The number of esters is 1. The fourth-order valence-electron chi connectivity index (χ4n) is 8.62. The Labute approximate surface area is 178 Å². The number of hydrogen-bond donors (Lipinski definition) is 0. The molecule has 28 heavy (non-hydrogen) atoms. The molecular formula is C24H37BrO3. The number of carbonyl (C=O) groups is 2. The lowest BCUT2D eigenvalue weighted by molar-refractivity contribution is -0.160. The molecule has 4 saturated carbocycles. The van der Waals surface area contributed by atoms with Gasteiger partial charge in [-0.15, -0.1) is 0 Å². The quantitative estimate of drug-likeness (QED) is 0.385. The first-order valence-electron chi connectivity index (χ1n) is 11.4. The van der Waals surface area contributed by atoms with Gasteiger partial charge in [0.1, 0.15) is 11.9 Å². The highest BCUT2D eigenvalue weighted by Gasteiger charge is 2.68. The molecule has 0 bridgehead atoms. The first-order chi connectivity index (χ1) is 13.0. The molecule has 0 spiro atoms. The second-order valence-electron chi connectivity index (χ2n) is 11.0. The van der Waals surface area contributed by atoms with Crippen LogP contribution in [-0.2, 0) is 14.3 Å². The van der Waals surface area contributed by atoms with Gasteiger partial charge in [0, 0.05) is 6.92 Å². The summed E-state index contributed by atoms with van der Waals surface area (Å²) in [7, 11) is 0. The van der Waals surface area contributed by atoms with E-state index in [2.05, 4.69) is 36.7 Å². The van der Waals surface area contributed by atoms with E-state index in [-0.39, 0.29) is 21.8 Å². The van der Waals surface area contributed by atoms with Crippen molar-refractivity contribution in [3.8, 4) is 0 Å². The summed E-state index contributed by atoms with van der Waals surface area (Å²) in [6.07, 6.45) is 9.50. The van der Waals surface area contributed by atoms with Crippen molar-refractivity contribution >= 4 is 27.7 Å². The topological polar surface area (TPSA) is 43.4 Å². The maximum Gasteiger partial charge on any atom is 0.302 e. The lowest BCUT2D eigenvalue weighted by Crippen LogP contribution is -2.57. The van der Waals surface area contributed by atoms with Crippen LogP contribution in [0.15, 0.2) is 0 Å². The van der Waals surface area contributed by atoms with Crippen molar-refractivity contribution in [2.45, 2.75) is 96.4 Å². The van der Waals surface area contributed by atoms with E-state index in [4.69, 9.17) is 4.74 Å². The maximum atomic E-state index is 12.7. The van der Waals surface area contributed by atoms with Crippen molar-refractivity contribution in [3.63, 3.8) is 0 Å². The van der Waals surface area contributed by atoms with Gasteiger partial charge in [0.05, 0.1) is 4.32 Å². The molecule has 4 rings (SSSR count). The van der Waals surface area contributed by atoms with E-state index in [0.29, 0.717) is 29.0 Å². The predicted octanol–water partition coefficient (Wildman–Crippen LogP) is 5.93. The van der Waals surface area contributed by atoms with E-state index in [1.165, 1.54) is 39.0 Å². The normalized spacial score (nSPS) is 52.9. The lowest BCUT2D eigenvalue weighted by atomic mass is 9.44. The minimum atomic E-state index is -0.347. The number of hydrogen-bond acceptors (Lipinski definition) is 3. The van der Waals surface area contributed by atoms with Crippen LogP contribution in [0, 0.1) is 40.4 Å². The number of alkyl halides is 1. The number of fused-ring (bicyclic) bond motifs is 5. The number of rotatable bonds is 2. The SMILES string of the molecule is CC(=O)O[C@@H]1CC[C@@]2(C)[C@@H](CC[C@H]3[C@H]2CC[C@@]2(C)[C@@H]3C[C@@H](C)[C@]2(Br)C(C)=O)C1. The van der Waals surface area contributed by atoms with Gasteiger partial charge in [-0.1, -0.05) is 36.7 Å². The van der Waals surface area contributed by atoms with E-state index < -0.39 is 0 Å². The summed E-state index contributed by atoms with van der Waals surface area (Å²) in [6, 6.07) is 0. The molecule has 4 heteroatoms. The molecule has 0 unspecified atom stereocenters. The highest BCUT2D eigenvalue weighted by molar-refractivity contribution is 9.10. The van der Waals surface area contributed by atoms with Gasteiger partial charge in [-0.2, -0.15) is 0 Å². The first-order valence-corrected chi connectivity index (χ1v) is 12.2. The van der Waals surface area contributed by atoms with Gasteiger partial charge in [0.15, 0.2) is 0 Å². The average Bonchev–Trinajstić information content (AvgIpc) is 2.83. The van der Waals surface area contributed by atoms with Crippen LogP contribution in [0.3, 0.4) is 0 Å². The molecule has 0 aliphatic heterocycles. The van der Waals surface area contributed by atoms with Gasteiger partial charge < -0.3 is 4.74 Å². The molecule has 0 saturated heterocycles. The molecule has 4 fully saturated rings. The summed E-state index contributed by atoms with van der Waals surface area (Å²) in [6.45, 7) is 10.5. The number of ether oxygens (including phenoxy) is 1. The third kappa shape index (κ3) is 2.72. The zero-order valence-corrected chi connectivity index (χ0v) is 19.8. The Morgan fingerprint density at radius 3 is 2.32 bits per heavy atom. The Balaban J connectivity index is 1.59. The standard InChI is InChI=1S/C24H37BrO3/c1-14-12-21-19-7-6-17-13-18(28-16(3)27)8-10-22(17,4)20(19)9-11-23(21,5)24(14,25)15(2)26/h14,17-21H,6-13H2,1-5H3/t14-,17+,18-,19+,20-,21-,22+,23+,24+/m1/s1. The Hall–Kier alpha value is -0.380. The molecule has 0 N–H and O–H groups in total. The van der Waals surface area contributed by atoms with Crippen molar-refractivity contribution in [3.05, 3.63) is 0 Å². The monoisotopic (exact) mass is 452 g/mol. The van der Waals surface area contributed by atoms with Crippen molar-refractivity contribution in [1.82, 2.24) is 0 Å². The van der Waals surface area contributed by atoms with Crippen LogP contribution >= 0.6 is 15.9 Å². The number of carbonyl (C=O) groups excluding carboxylic acids is 2. The minimum absolute atomic E-state index is 0.0809. The fraction of sp³-hybridized carbons (Fsp3) is 0.917. The second kappa shape index (κ2) is 6.82. The molecule has 0 aromatic heterocycles. The number of Topliss-reactive ketones (excluding diaryl/α,β-unsaturated/α-hetero) is 1. The fourth-order valence-corrected chi connectivity index (χ4v) is 9.30. The summed E-state index contributed by atoms with van der Waals surface area (Å²) >= 11 is 4.01. The highest BCUT2D eigenvalue weighted by atomic mass is 79.9. The highest BCUT2D eigenvalue weighted by Crippen LogP contribution is 2.71. The largest absolute Gasteiger partial charge is 0.463 e. The van der Waals surface area contributed by atoms with Gasteiger partial charge in [-0.05, 0) is 98.7 Å². The Morgan fingerprint density at radius 2 is 1.68 bits per heavy atom. The maximum absolute atomic E-state index is 12.7. The second-order valence-corrected chi connectivity index (χ2v) is 12.3. The average molecular weight is 453 g/mol. The van der Waals surface area contributed by atoms with Crippen LogP contribution in [0.25, 0.3) is 0 Å². The molecule has 3 nitrogen and oxygen atoms in total. The molecule has 0 heterocycles. The van der Waals surface area contributed by atoms with Crippen LogP contribution in [0.1, 0.15) is 86.0 Å². The van der Waals surface area contributed by atoms with Crippen LogP contribution in [-0.4, -0.2) is 22.2 Å². The van der Waals surface area contributed by atoms with E-state index in [1.807, 2.05) is 0 Å². The van der Waals surface area contributed by atoms with E-state index >= 15 is 0 Å². The summed E-state index contributed by atoms with van der Waals surface area (Å²) in [5.41, 5.74) is 0.454. The van der Waals surface area contributed by atoms with Crippen molar-refractivity contribution in [2.24, 2.45) is 40.4 Å². The van der Waals surface area contributed by atoms with Crippen molar-refractivity contribution < 1.29 is 14.3 Å². The molecule has 4 aliphatic rings. The number of halogens is 1. The number of ketones is 1. The zero-order chi connectivity index (χ0) is 20.5. The van der Waals surface area contributed by atoms with Gasteiger partial charge in [-0.3, -0.25) is 9.59 Å². The summed E-state index contributed by atoms with van der Waals surface area (Å²) in [5, 5.41) is 0. The summed E-state index contributed by atoms with van der Waals surface area (Å²) in [4.78, 5) is 24.2. The van der Waals surface area contributed by atoms with Crippen LogP contribution < -0.4 is 0 Å². The van der Waals surface area contributed by atoms with Gasteiger partial charge in [-0.25, -0.2) is 0 Å². The molecule has 0 amide bonds. The molecular weight excluding hydrogens is 416 g/mol. The van der Waals surface area contributed by atoms with E-state index in [9.17, 15) is 9.59 Å². The Morgan fingerprint density at radius 1 is 0.964 bits per heavy atom. The lowest BCUT2D eigenvalue weighted by Gasteiger charge is -2.61. The zero-order valence-electron chi connectivity index (χ0n) is 18.2.